The number of carbonyl (C=O) groups is 1. The van der Waals surface area contributed by atoms with Gasteiger partial charge in [-0.3, -0.25) is 9.62 Å². The number of sulfonamides is 1. The van der Waals surface area contributed by atoms with Gasteiger partial charge in [0.1, 0.15) is 0 Å². The number of carbonyl (C=O) groups excluding carboxylic acids is 1. The second-order valence-corrected chi connectivity index (χ2v) is 9.13. The first-order valence-corrected chi connectivity index (χ1v) is 11.3. The molecule has 2 aliphatic rings. The molecule has 1 aliphatic heterocycles. The van der Waals surface area contributed by atoms with Crippen molar-refractivity contribution >= 4 is 27.4 Å². The van der Waals surface area contributed by atoms with Crippen LogP contribution in [0.5, 0.6) is 0 Å². The summed E-state index contributed by atoms with van der Waals surface area (Å²) in [7, 11) is -3.66. The predicted octanol–water partition coefficient (Wildman–Crippen LogP) is 3.89. The van der Waals surface area contributed by atoms with E-state index in [-0.39, 0.29) is 17.0 Å². The normalized spacial score (nSPS) is 17.2. The van der Waals surface area contributed by atoms with Crippen LogP contribution in [0.3, 0.4) is 0 Å². The van der Waals surface area contributed by atoms with E-state index in [1.807, 2.05) is 6.07 Å². The number of fused-ring (bicyclic) bond motifs is 1. The molecule has 0 unspecified atom stereocenters. The Morgan fingerprint density at radius 1 is 1.00 bits per heavy atom. The monoisotopic (exact) mass is 399 g/mol. The zero-order chi connectivity index (χ0) is 19.6. The summed E-state index contributed by atoms with van der Waals surface area (Å²) in [6.07, 6.45) is 6.30. The van der Waals surface area contributed by atoms with Gasteiger partial charge in [0, 0.05) is 24.0 Å². The highest BCUT2D eigenvalue weighted by atomic mass is 32.2. The van der Waals surface area contributed by atoms with Crippen molar-refractivity contribution < 1.29 is 13.2 Å². The molecule has 1 heterocycles. The summed E-state index contributed by atoms with van der Waals surface area (Å²) >= 11 is 0. The summed E-state index contributed by atoms with van der Waals surface area (Å²) in [6.45, 7) is 0.573. The molecule has 0 radical (unpaired) electrons. The van der Waals surface area contributed by atoms with E-state index in [1.54, 1.807) is 47.4 Å². The van der Waals surface area contributed by atoms with Gasteiger partial charge in [-0.05, 0) is 55.2 Å². The summed E-state index contributed by atoms with van der Waals surface area (Å²) in [6, 6.07) is 14.0. The van der Waals surface area contributed by atoms with E-state index >= 15 is 0 Å². The Bertz CT molecular complexity index is 954. The van der Waals surface area contributed by atoms with Crippen LogP contribution < -0.4 is 14.9 Å². The first kappa shape index (κ1) is 18.8. The van der Waals surface area contributed by atoms with Crippen molar-refractivity contribution in [2.45, 2.75) is 49.5 Å². The zero-order valence-corrected chi connectivity index (χ0v) is 16.5. The highest BCUT2D eigenvalue weighted by molar-refractivity contribution is 7.92. The quantitative estimate of drug-likeness (QED) is 0.819. The number of urea groups is 1. The Kier molecular flexibility index (Phi) is 5.26. The maximum atomic E-state index is 12.7. The summed E-state index contributed by atoms with van der Waals surface area (Å²) in [5, 5.41) is 3.14. The largest absolute Gasteiger partial charge is 0.335 e. The lowest BCUT2D eigenvalue weighted by Gasteiger charge is -2.26. The van der Waals surface area contributed by atoms with Gasteiger partial charge in [0.15, 0.2) is 0 Å². The van der Waals surface area contributed by atoms with E-state index < -0.39 is 10.0 Å². The minimum absolute atomic E-state index is 0.0799. The summed E-state index contributed by atoms with van der Waals surface area (Å²) in [4.78, 5) is 14.6. The minimum atomic E-state index is -3.66. The molecule has 2 N–H and O–H groups in total. The summed E-state index contributed by atoms with van der Waals surface area (Å²) < 4.78 is 27.9. The van der Waals surface area contributed by atoms with Crippen molar-refractivity contribution in [1.82, 2.24) is 5.32 Å². The lowest BCUT2D eigenvalue weighted by molar-refractivity contribution is 0.238. The molecular weight excluding hydrogens is 374 g/mol. The number of nitrogens with one attached hydrogen (secondary N) is 2. The molecule has 6 nitrogen and oxygen atoms in total. The van der Waals surface area contributed by atoms with E-state index in [0.29, 0.717) is 18.7 Å². The van der Waals surface area contributed by atoms with Gasteiger partial charge in [-0.15, -0.1) is 0 Å². The van der Waals surface area contributed by atoms with E-state index in [9.17, 15) is 13.2 Å². The van der Waals surface area contributed by atoms with Crippen LogP contribution in [0.25, 0.3) is 0 Å². The Balaban J connectivity index is 1.49. The number of benzene rings is 2. The molecule has 0 saturated heterocycles. The van der Waals surface area contributed by atoms with Gasteiger partial charge in [0.2, 0.25) is 0 Å². The van der Waals surface area contributed by atoms with E-state index in [1.165, 1.54) is 6.42 Å². The lowest BCUT2D eigenvalue weighted by Crippen LogP contribution is -2.45. The van der Waals surface area contributed by atoms with Gasteiger partial charge in [0.25, 0.3) is 10.0 Å². The maximum Gasteiger partial charge on any atom is 0.322 e. The van der Waals surface area contributed by atoms with Gasteiger partial charge in [-0.1, -0.05) is 37.5 Å². The Morgan fingerprint density at radius 3 is 2.50 bits per heavy atom. The summed E-state index contributed by atoms with van der Waals surface area (Å²) in [5.74, 6) is 0. The topological polar surface area (TPSA) is 78.5 Å². The number of hydrogen-bond donors (Lipinski definition) is 2. The van der Waals surface area contributed by atoms with Gasteiger partial charge in [-0.25, -0.2) is 13.2 Å². The second kappa shape index (κ2) is 7.83. The standard InChI is InChI=1S/C21H25N3O3S/c25-21(22-17-7-3-1-4-8-17)24-14-13-16-15-19(11-12-20(16)24)28(26,27)23-18-9-5-2-6-10-18/h2,5-6,9-12,15,17,23H,1,3-4,7-8,13-14H2,(H,22,25). The fourth-order valence-corrected chi connectivity index (χ4v) is 5.08. The Labute approximate surface area is 166 Å². The van der Waals surface area contributed by atoms with Crippen molar-refractivity contribution in [2.24, 2.45) is 0 Å². The number of rotatable bonds is 4. The highest BCUT2D eigenvalue weighted by Gasteiger charge is 2.28. The molecule has 2 aromatic rings. The molecule has 1 aliphatic carbocycles. The number of para-hydroxylation sites is 1. The fourth-order valence-electron chi connectivity index (χ4n) is 3.98. The van der Waals surface area contributed by atoms with Crippen LogP contribution in [0.2, 0.25) is 0 Å². The highest BCUT2D eigenvalue weighted by Crippen LogP contribution is 2.31. The molecule has 1 saturated carbocycles. The molecule has 0 atom stereocenters. The third-order valence-electron chi connectivity index (χ3n) is 5.46. The average Bonchev–Trinajstić information content (AvgIpc) is 3.13. The van der Waals surface area contributed by atoms with Gasteiger partial charge < -0.3 is 5.32 Å². The van der Waals surface area contributed by atoms with Gasteiger partial charge in [-0.2, -0.15) is 0 Å². The van der Waals surface area contributed by atoms with E-state index in [2.05, 4.69) is 10.0 Å². The van der Waals surface area contributed by atoms with Crippen molar-refractivity contribution in [3.8, 4) is 0 Å². The minimum Gasteiger partial charge on any atom is -0.335 e. The number of nitrogens with zero attached hydrogens (tertiary/aromatic N) is 1. The van der Waals surface area contributed by atoms with Crippen LogP contribution in [0.4, 0.5) is 16.2 Å². The van der Waals surface area contributed by atoms with Crippen molar-refractivity contribution in [3.63, 3.8) is 0 Å². The number of hydrogen-bond acceptors (Lipinski definition) is 3. The van der Waals surface area contributed by atoms with Crippen LogP contribution in [0, 0.1) is 0 Å². The molecule has 0 bridgehead atoms. The predicted molar refractivity (Wildman–Crippen MR) is 110 cm³/mol. The molecule has 148 valence electrons. The fraction of sp³-hybridized carbons (Fsp3) is 0.381. The molecule has 7 heteroatoms. The lowest BCUT2D eigenvalue weighted by atomic mass is 9.96. The molecule has 4 rings (SSSR count). The molecule has 0 spiro atoms. The Hall–Kier alpha value is -2.54. The third-order valence-corrected chi connectivity index (χ3v) is 6.84. The smallest absolute Gasteiger partial charge is 0.322 e. The average molecular weight is 400 g/mol. The first-order valence-electron chi connectivity index (χ1n) is 9.82. The molecule has 28 heavy (non-hydrogen) atoms. The molecular formula is C21H25N3O3S. The van der Waals surface area contributed by atoms with Crippen molar-refractivity contribution in [2.75, 3.05) is 16.2 Å². The van der Waals surface area contributed by atoms with Gasteiger partial charge >= 0.3 is 6.03 Å². The van der Waals surface area contributed by atoms with Crippen molar-refractivity contribution in [1.29, 1.82) is 0 Å². The molecule has 2 aromatic carbocycles. The van der Waals surface area contributed by atoms with E-state index in [4.69, 9.17) is 0 Å². The molecule has 0 aromatic heterocycles. The first-order chi connectivity index (χ1) is 13.5. The van der Waals surface area contributed by atoms with E-state index in [0.717, 1.165) is 36.9 Å². The van der Waals surface area contributed by atoms with Crippen molar-refractivity contribution in [3.05, 3.63) is 54.1 Å². The SMILES string of the molecule is O=C(NC1CCCCC1)N1CCc2cc(S(=O)(=O)Nc3ccccc3)ccc21. The van der Waals surface area contributed by atoms with Crippen LogP contribution in [0.15, 0.2) is 53.4 Å². The summed E-state index contributed by atoms with van der Waals surface area (Å²) in [5.41, 5.74) is 2.21. The zero-order valence-electron chi connectivity index (χ0n) is 15.7. The number of anilines is 2. The van der Waals surface area contributed by atoms with Crippen LogP contribution in [-0.2, 0) is 16.4 Å². The Morgan fingerprint density at radius 2 is 1.75 bits per heavy atom. The van der Waals surface area contributed by atoms with Crippen LogP contribution in [0.1, 0.15) is 37.7 Å². The maximum absolute atomic E-state index is 12.7. The van der Waals surface area contributed by atoms with Gasteiger partial charge in [0.05, 0.1) is 4.90 Å². The molecule has 1 fully saturated rings. The van der Waals surface area contributed by atoms with Crippen LogP contribution >= 0.6 is 0 Å². The molecule has 2 amide bonds. The third kappa shape index (κ3) is 3.99. The second-order valence-electron chi connectivity index (χ2n) is 7.45. The number of amides is 2. The van der Waals surface area contributed by atoms with Crippen LogP contribution in [-0.4, -0.2) is 27.0 Å².